The predicted molar refractivity (Wildman–Crippen MR) is 137 cm³/mol. The van der Waals surface area contributed by atoms with Gasteiger partial charge in [0.2, 0.25) is 0 Å². The maximum absolute atomic E-state index is 12.8. The molecule has 3 aromatic rings. The zero-order chi connectivity index (χ0) is 25.2. The first-order valence-corrected chi connectivity index (χ1v) is 12.8. The predicted octanol–water partition coefficient (Wildman–Crippen LogP) is 4.22. The maximum Gasteiger partial charge on any atom is 0.337 e. The number of ether oxygens (including phenoxy) is 1. The smallest absolute Gasteiger partial charge is 0.337 e. The molecule has 1 atom stereocenters. The fourth-order valence-electron chi connectivity index (χ4n) is 4.38. The van der Waals surface area contributed by atoms with Crippen LogP contribution in [-0.2, 0) is 10.0 Å². The molecule has 2 N–H and O–H groups in total. The number of methoxy groups -OCH3 is 1. The van der Waals surface area contributed by atoms with Crippen molar-refractivity contribution in [3.63, 3.8) is 0 Å². The highest BCUT2D eigenvalue weighted by molar-refractivity contribution is 7.92. The van der Waals surface area contributed by atoms with Gasteiger partial charge in [-0.05, 0) is 74.0 Å². The van der Waals surface area contributed by atoms with Crippen molar-refractivity contribution in [1.29, 1.82) is 0 Å². The Labute approximate surface area is 205 Å². The molecule has 0 aliphatic carbocycles. The number of aryl methyl sites for hydroxylation is 1. The summed E-state index contributed by atoms with van der Waals surface area (Å²) in [6.45, 7) is 6.22. The molecule has 1 aliphatic rings. The van der Waals surface area contributed by atoms with Crippen molar-refractivity contribution in [2.24, 2.45) is 0 Å². The van der Waals surface area contributed by atoms with Crippen LogP contribution in [0.5, 0.6) is 5.75 Å². The molecule has 35 heavy (non-hydrogen) atoms. The number of hydrogen-bond donors (Lipinski definition) is 2. The number of nitrogens with one attached hydrogen (secondary N) is 1. The van der Waals surface area contributed by atoms with Crippen LogP contribution in [-0.4, -0.2) is 52.3 Å². The molecule has 0 aromatic heterocycles. The molecule has 1 fully saturated rings. The number of nitrogens with zero attached hydrogens (tertiary/aromatic N) is 2. The zero-order valence-electron chi connectivity index (χ0n) is 19.9. The van der Waals surface area contributed by atoms with Crippen LogP contribution >= 0.6 is 0 Å². The molecule has 3 aromatic carbocycles. The van der Waals surface area contributed by atoms with Gasteiger partial charge in [-0.3, -0.25) is 4.72 Å². The number of anilines is 3. The Bertz CT molecular complexity index is 1330. The summed E-state index contributed by atoms with van der Waals surface area (Å²) in [7, 11) is -2.39. The summed E-state index contributed by atoms with van der Waals surface area (Å²) < 4.78 is 33.1. The highest BCUT2D eigenvalue weighted by Gasteiger charge is 2.27. The van der Waals surface area contributed by atoms with Crippen molar-refractivity contribution >= 4 is 33.1 Å². The van der Waals surface area contributed by atoms with Crippen LogP contribution in [0.1, 0.15) is 22.8 Å². The minimum atomic E-state index is -3.89. The molecular formula is C26H29N3O5S. The second-order valence-electron chi connectivity index (χ2n) is 8.65. The Kier molecular flexibility index (Phi) is 6.88. The highest BCUT2D eigenvalue weighted by Crippen LogP contribution is 2.30. The first kappa shape index (κ1) is 24.4. The Balaban J connectivity index is 1.54. The van der Waals surface area contributed by atoms with Crippen molar-refractivity contribution < 1.29 is 23.1 Å². The topological polar surface area (TPSA) is 99.2 Å². The average Bonchev–Trinajstić information content (AvgIpc) is 2.83. The van der Waals surface area contributed by atoms with E-state index in [9.17, 15) is 18.3 Å². The first-order valence-electron chi connectivity index (χ1n) is 11.3. The molecule has 0 bridgehead atoms. The lowest BCUT2D eigenvalue weighted by Gasteiger charge is -2.42. The summed E-state index contributed by atoms with van der Waals surface area (Å²) in [5.41, 5.74) is 3.15. The van der Waals surface area contributed by atoms with Crippen LogP contribution in [0.4, 0.5) is 17.1 Å². The van der Waals surface area contributed by atoms with E-state index in [-0.39, 0.29) is 22.2 Å². The number of piperazine rings is 1. The van der Waals surface area contributed by atoms with Crippen molar-refractivity contribution in [1.82, 2.24) is 0 Å². The van der Waals surface area contributed by atoms with Crippen LogP contribution < -0.4 is 19.3 Å². The van der Waals surface area contributed by atoms with Crippen molar-refractivity contribution in [2.45, 2.75) is 24.8 Å². The molecule has 0 saturated carbocycles. The highest BCUT2D eigenvalue weighted by atomic mass is 32.2. The van der Waals surface area contributed by atoms with Gasteiger partial charge in [-0.25, -0.2) is 13.2 Å². The molecule has 1 heterocycles. The van der Waals surface area contributed by atoms with E-state index in [0.29, 0.717) is 24.5 Å². The number of aromatic carboxylic acids is 1. The summed E-state index contributed by atoms with van der Waals surface area (Å²) in [6, 6.07) is 19.1. The van der Waals surface area contributed by atoms with E-state index in [0.717, 1.165) is 12.2 Å². The van der Waals surface area contributed by atoms with Gasteiger partial charge in [0, 0.05) is 37.1 Å². The number of hydrogen-bond acceptors (Lipinski definition) is 6. The maximum atomic E-state index is 12.8. The first-order chi connectivity index (χ1) is 16.7. The van der Waals surface area contributed by atoms with Gasteiger partial charge >= 0.3 is 5.97 Å². The van der Waals surface area contributed by atoms with E-state index in [1.165, 1.54) is 30.9 Å². The number of sulfonamides is 1. The number of rotatable bonds is 7. The summed E-state index contributed by atoms with van der Waals surface area (Å²) >= 11 is 0. The molecule has 0 radical (unpaired) electrons. The van der Waals surface area contributed by atoms with E-state index in [1.807, 2.05) is 11.0 Å². The Morgan fingerprint density at radius 1 is 1.06 bits per heavy atom. The molecule has 1 unspecified atom stereocenters. The van der Waals surface area contributed by atoms with E-state index < -0.39 is 16.0 Å². The third-order valence-corrected chi connectivity index (χ3v) is 7.55. The number of carboxylic acid groups (broad SMARTS) is 1. The standard InChI is InChI=1S/C26H29N3O5S/c1-18-5-4-6-21(15-18)29-14-13-28(17-19(29)2)25-12-7-20(16-24(25)26(30)31)27-35(32,33)23-10-8-22(34-3)9-11-23/h4-12,15-16,19,27H,13-14,17H2,1-3H3,(H,30,31). The van der Waals surface area contributed by atoms with Gasteiger partial charge in [0.05, 0.1) is 23.3 Å². The minimum absolute atomic E-state index is 0.0520. The third kappa shape index (κ3) is 5.35. The molecule has 184 valence electrons. The van der Waals surface area contributed by atoms with Crippen LogP contribution in [0.3, 0.4) is 0 Å². The van der Waals surface area contributed by atoms with Crippen molar-refractivity contribution in [3.05, 3.63) is 77.9 Å². The lowest BCUT2D eigenvalue weighted by atomic mass is 10.1. The molecule has 1 saturated heterocycles. The number of carbonyl (C=O) groups is 1. The van der Waals surface area contributed by atoms with E-state index in [4.69, 9.17) is 4.74 Å². The van der Waals surface area contributed by atoms with Gasteiger partial charge in [-0.1, -0.05) is 12.1 Å². The van der Waals surface area contributed by atoms with Gasteiger partial charge in [0.1, 0.15) is 5.75 Å². The largest absolute Gasteiger partial charge is 0.497 e. The fourth-order valence-corrected chi connectivity index (χ4v) is 5.43. The Morgan fingerprint density at radius 3 is 2.43 bits per heavy atom. The van der Waals surface area contributed by atoms with E-state index >= 15 is 0 Å². The van der Waals surface area contributed by atoms with Crippen molar-refractivity contribution in [3.8, 4) is 5.75 Å². The second-order valence-corrected chi connectivity index (χ2v) is 10.3. The number of benzene rings is 3. The van der Waals surface area contributed by atoms with Gasteiger partial charge in [-0.15, -0.1) is 0 Å². The normalized spacial score (nSPS) is 16.1. The Hall–Kier alpha value is -3.72. The van der Waals surface area contributed by atoms with Gasteiger partial charge in [0.25, 0.3) is 10.0 Å². The van der Waals surface area contributed by atoms with E-state index in [1.54, 1.807) is 24.3 Å². The van der Waals surface area contributed by atoms with Crippen molar-refractivity contribution in [2.75, 3.05) is 41.3 Å². The van der Waals surface area contributed by atoms with Gasteiger partial charge < -0.3 is 19.6 Å². The number of carboxylic acids is 1. The Morgan fingerprint density at radius 2 is 1.80 bits per heavy atom. The lowest BCUT2D eigenvalue weighted by Crippen LogP contribution is -2.52. The van der Waals surface area contributed by atoms with E-state index in [2.05, 4.69) is 41.7 Å². The third-order valence-electron chi connectivity index (χ3n) is 6.15. The fraction of sp³-hybridized carbons (Fsp3) is 0.269. The summed E-state index contributed by atoms with van der Waals surface area (Å²) in [4.78, 5) is 16.5. The summed E-state index contributed by atoms with van der Waals surface area (Å²) in [5, 5.41) is 9.89. The molecule has 0 amide bonds. The lowest BCUT2D eigenvalue weighted by molar-refractivity contribution is 0.0697. The van der Waals surface area contributed by atoms with Crippen LogP contribution in [0.25, 0.3) is 0 Å². The molecule has 0 spiro atoms. The molecule has 1 aliphatic heterocycles. The second kappa shape index (κ2) is 9.87. The van der Waals surface area contributed by atoms with Gasteiger partial charge in [0.15, 0.2) is 0 Å². The van der Waals surface area contributed by atoms with Crippen LogP contribution in [0, 0.1) is 6.92 Å². The average molecular weight is 496 g/mol. The molecule has 4 rings (SSSR count). The van der Waals surface area contributed by atoms with Crippen LogP contribution in [0.15, 0.2) is 71.6 Å². The monoisotopic (exact) mass is 495 g/mol. The SMILES string of the molecule is COc1ccc(S(=O)(=O)Nc2ccc(N3CCN(c4cccc(C)c4)C(C)C3)c(C(=O)O)c2)cc1. The summed E-state index contributed by atoms with van der Waals surface area (Å²) in [5.74, 6) is -0.572. The van der Waals surface area contributed by atoms with Gasteiger partial charge in [-0.2, -0.15) is 0 Å². The summed E-state index contributed by atoms with van der Waals surface area (Å²) in [6.07, 6.45) is 0. The zero-order valence-corrected chi connectivity index (χ0v) is 20.7. The van der Waals surface area contributed by atoms with Crippen LogP contribution in [0.2, 0.25) is 0 Å². The minimum Gasteiger partial charge on any atom is -0.497 e. The quantitative estimate of drug-likeness (QED) is 0.506. The molecule has 9 heteroatoms. The molecule has 8 nitrogen and oxygen atoms in total. The molecular weight excluding hydrogens is 466 g/mol.